The molecule has 0 spiro atoms. The SMILES string of the molecule is COC(=O)[C@@H]1[C@H]2C=C[C@@H]([C@@H]3C(C)=C[C@@H]23)[C@@H]1C(=O)OC. The molecule has 4 rings (SSSR count). The molecule has 1 saturated carbocycles. The molecule has 2 bridgehead atoms. The van der Waals surface area contributed by atoms with Gasteiger partial charge in [0.2, 0.25) is 0 Å². The summed E-state index contributed by atoms with van der Waals surface area (Å²) in [6, 6.07) is 0. The minimum Gasteiger partial charge on any atom is -0.469 e. The lowest BCUT2D eigenvalue weighted by Crippen LogP contribution is -2.56. The molecule has 0 aliphatic heterocycles. The van der Waals surface area contributed by atoms with E-state index in [2.05, 4.69) is 25.2 Å². The lowest BCUT2D eigenvalue weighted by molar-refractivity contribution is -0.168. The molecule has 0 radical (unpaired) electrons. The number of carbonyl (C=O) groups excluding carboxylic acids is 2. The highest BCUT2D eigenvalue weighted by Crippen LogP contribution is 2.59. The zero-order valence-corrected chi connectivity index (χ0v) is 11.3. The summed E-state index contributed by atoms with van der Waals surface area (Å²) in [6.45, 7) is 2.09. The Kier molecular flexibility index (Phi) is 2.77. The van der Waals surface area contributed by atoms with Crippen LogP contribution >= 0.6 is 0 Å². The molecule has 4 aliphatic carbocycles. The van der Waals surface area contributed by atoms with Gasteiger partial charge in [-0.2, -0.15) is 0 Å². The van der Waals surface area contributed by atoms with Gasteiger partial charge in [-0.1, -0.05) is 23.8 Å². The average molecular weight is 262 g/mol. The smallest absolute Gasteiger partial charge is 0.310 e. The molecule has 0 saturated heterocycles. The van der Waals surface area contributed by atoms with Crippen LogP contribution < -0.4 is 0 Å². The van der Waals surface area contributed by atoms with Gasteiger partial charge in [0, 0.05) is 0 Å². The van der Waals surface area contributed by atoms with Gasteiger partial charge < -0.3 is 9.47 Å². The van der Waals surface area contributed by atoms with Crippen molar-refractivity contribution in [3.63, 3.8) is 0 Å². The second kappa shape index (κ2) is 4.22. The fourth-order valence-electron chi connectivity index (χ4n) is 4.18. The van der Waals surface area contributed by atoms with E-state index in [0.717, 1.165) is 0 Å². The second-order valence-electron chi connectivity index (χ2n) is 5.65. The quantitative estimate of drug-likeness (QED) is 0.560. The van der Waals surface area contributed by atoms with E-state index in [1.165, 1.54) is 19.8 Å². The minimum atomic E-state index is -0.405. The van der Waals surface area contributed by atoms with Gasteiger partial charge in [-0.15, -0.1) is 0 Å². The van der Waals surface area contributed by atoms with Crippen LogP contribution in [-0.2, 0) is 19.1 Å². The molecule has 1 fully saturated rings. The van der Waals surface area contributed by atoms with E-state index in [0.29, 0.717) is 11.8 Å². The van der Waals surface area contributed by atoms with Crippen molar-refractivity contribution in [3.05, 3.63) is 23.8 Å². The van der Waals surface area contributed by atoms with E-state index in [9.17, 15) is 9.59 Å². The number of allylic oxidation sites excluding steroid dienone is 4. The van der Waals surface area contributed by atoms with Crippen molar-refractivity contribution < 1.29 is 19.1 Å². The summed E-state index contributed by atoms with van der Waals surface area (Å²) in [5, 5.41) is 0. The van der Waals surface area contributed by atoms with E-state index in [4.69, 9.17) is 9.47 Å². The van der Waals surface area contributed by atoms with Gasteiger partial charge in [0.1, 0.15) is 0 Å². The van der Waals surface area contributed by atoms with Crippen LogP contribution in [0.2, 0.25) is 0 Å². The summed E-state index contributed by atoms with van der Waals surface area (Å²) in [7, 11) is 2.76. The van der Waals surface area contributed by atoms with Crippen molar-refractivity contribution in [3.8, 4) is 0 Å². The molecule has 0 aromatic carbocycles. The Hall–Kier alpha value is -1.58. The maximum absolute atomic E-state index is 12.1. The third-order valence-corrected chi connectivity index (χ3v) is 4.97. The first-order valence-electron chi connectivity index (χ1n) is 6.62. The number of carbonyl (C=O) groups is 2. The highest BCUT2D eigenvalue weighted by atomic mass is 16.5. The first kappa shape index (κ1) is 12.5. The average Bonchev–Trinajstić information content (AvgIpc) is 2.42. The summed E-state index contributed by atoms with van der Waals surface area (Å²) in [6.07, 6.45) is 6.38. The van der Waals surface area contributed by atoms with Crippen molar-refractivity contribution in [1.29, 1.82) is 0 Å². The van der Waals surface area contributed by atoms with Crippen molar-refractivity contribution >= 4 is 11.9 Å². The molecule has 102 valence electrons. The van der Waals surface area contributed by atoms with E-state index < -0.39 is 11.8 Å². The Balaban J connectivity index is 2.01. The third-order valence-electron chi connectivity index (χ3n) is 4.97. The maximum Gasteiger partial charge on any atom is 0.310 e. The van der Waals surface area contributed by atoms with Crippen LogP contribution in [-0.4, -0.2) is 26.2 Å². The molecule has 0 aromatic heterocycles. The first-order chi connectivity index (χ1) is 9.10. The van der Waals surface area contributed by atoms with Gasteiger partial charge in [0.25, 0.3) is 0 Å². The number of hydrogen-bond acceptors (Lipinski definition) is 4. The molecule has 0 N–H and O–H groups in total. The predicted octanol–water partition coefficient (Wildman–Crippen LogP) is 1.57. The van der Waals surface area contributed by atoms with Gasteiger partial charge in [-0.3, -0.25) is 9.59 Å². The van der Waals surface area contributed by atoms with E-state index in [-0.39, 0.29) is 23.8 Å². The number of esters is 2. The first-order valence-corrected chi connectivity index (χ1v) is 6.62. The summed E-state index contributed by atoms with van der Waals surface area (Å²) >= 11 is 0. The molecule has 0 heterocycles. The number of rotatable bonds is 2. The predicted molar refractivity (Wildman–Crippen MR) is 67.9 cm³/mol. The Bertz CT molecular complexity index is 490. The molecule has 0 aromatic rings. The lowest BCUT2D eigenvalue weighted by atomic mass is 9.47. The fourth-order valence-corrected chi connectivity index (χ4v) is 4.18. The topological polar surface area (TPSA) is 52.6 Å². The van der Waals surface area contributed by atoms with Gasteiger partial charge >= 0.3 is 11.9 Å². The Morgan fingerprint density at radius 1 is 0.947 bits per heavy atom. The maximum atomic E-state index is 12.1. The van der Waals surface area contributed by atoms with E-state index in [1.807, 2.05) is 0 Å². The summed E-state index contributed by atoms with van der Waals surface area (Å²) in [5.41, 5.74) is 1.32. The largest absolute Gasteiger partial charge is 0.469 e. The standard InChI is InChI=1S/C15H18O4/c1-7-6-10-8-4-5-9(11(7)10)13(15(17)19-3)12(8)14(16)18-2/h4-6,8-13H,1-3H3/t8-,9-,10-,11-,12+,13-/m0/s1. The van der Waals surface area contributed by atoms with Gasteiger partial charge in [0.15, 0.2) is 0 Å². The van der Waals surface area contributed by atoms with Crippen LogP contribution in [0.3, 0.4) is 0 Å². The Labute approximate surface area is 112 Å². The normalized spacial score (nSPS) is 41.9. The van der Waals surface area contributed by atoms with Crippen LogP contribution in [0.25, 0.3) is 0 Å². The van der Waals surface area contributed by atoms with Crippen LogP contribution in [0.1, 0.15) is 6.92 Å². The monoisotopic (exact) mass is 262 g/mol. The molecule has 6 atom stereocenters. The van der Waals surface area contributed by atoms with Crippen LogP contribution in [0.15, 0.2) is 23.8 Å². The highest BCUT2D eigenvalue weighted by molar-refractivity contribution is 5.84. The molecule has 4 nitrogen and oxygen atoms in total. The summed E-state index contributed by atoms with van der Waals surface area (Å²) < 4.78 is 9.81. The number of hydrogen-bond donors (Lipinski definition) is 0. The molecule has 0 amide bonds. The van der Waals surface area contributed by atoms with Crippen molar-refractivity contribution in [2.24, 2.45) is 35.5 Å². The molecule has 0 unspecified atom stereocenters. The highest BCUT2D eigenvalue weighted by Gasteiger charge is 2.59. The van der Waals surface area contributed by atoms with E-state index >= 15 is 0 Å². The zero-order valence-electron chi connectivity index (χ0n) is 11.3. The number of methoxy groups -OCH3 is 2. The second-order valence-corrected chi connectivity index (χ2v) is 5.65. The van der Waals surface area contributed by atoms with Crippen LogP contribution in [0.4, 0.5) is 0 Å². The zero-order chi connectivity index (χ0) is 13.7. The fraction of sp³-hybridized carbons (Fsp3) is 0.600. The minimum absolute atomic E-state index is 0.0650. The van der Waals surface area contributed by atoms with Crippen molar-refractivity contribution in [2.45, 2.75) is 6.92 Å². The number of fused-ring (bicyclic) bond motifs is 1. The number of ether oxygens (including phenoxy) is 2. The van der Waals surface area contributed by atoms with Gasteiger partial charge in [-0.25, -0.2) is 0 Å². The van der Waals surface area contributed by atoms with Crippen molar-refractivity contribution in [2.75, 3.05) is 14.2 Å². The molecule has 19 heavy (non-hydrogen) atoms. The third kappa shape index (κ3) is 1.52. The van der Waals surface area contributed by atoms with Crippen LogP contribution in [0.5, 0.6) is 0 Å². The molecular formula is C15H18O4. The lowest BCUT2D eigenvalue weighted by Gasteiger charge is -2.55. The summed E-state index contributed by atoms with van der Waals surface area (Å²) in [4.78, 5) is 24.1. The summed E-state index contributed by atoms with van der Waals surface area (Å²) in [5.74, 6) is -0.513. The molecular weight excluding hydrogens is 244 g/mol. The van der Waals surface area contributed by atoms with E-state index in [1.54, 1.807) is 0 Å². The molecule has 4 aliphatic rings. The Morgan fingerprint density at radius 3 is 2.00 bits per heavy atom. The van der Waals surface area contributed by atoms with Crippen LogP contribution in [0, 0.1) is 35.5 Å². The van der Waals surface area contributed by atoms with Gasteiger partial charge in [0.05, 0.1) is 26.1 Å². The van der Waals surface area contributed by atoms with Crippen molar-refractivity contribution in [1.82, 2.24) is 0 Å². The Morgan fingerprint density at radius 2 is 1.47 bits per heavy atom. The molecule has 4 heteroatoms. The van der Waals surface area contributed by atoms with Gasteiger partial charge in [-0.05, 0) is 30.6 Å².